The van der Waals surface area contributed by atoms with E-state index in [4.69, 9.17) is 14.6 Å². The molecule has 1 fully saturated rings. The number of fused-ring (bicyclic) bond motifs is 1. The van der Waals surface area contributed by atoms with Crippen molar-refractivity contribution in [2.24, 2.45) is 0 Å². The second-order valence-electron chi connectivity index (χ2n) is 12.0. The van der Waals surface area contributed by atoms with Crippen LogP contribution >= 0.6 is 0 Å². The highest BCUT2D eigenvalue weighted by Crippen LogP contribution is 2.40. The van der Waals surface area contributed by atoms with Crippen LogP contribution in [0.15, 0.2) is 54.6 Å². The van der Waals surface area contributed by atoms with Gasteiger partial charge in [-0.2, -0.15) is 0 Å². The number of carboxylic acid groups (broad SMARTS) is 1. The molecule has 1 aromatic carbocycles. The van der Waals surface area contributed by atoms with Gasteiger partial charge in [0.2, 0.25) is 5.88 Å². The van der Waals surface area contributed by atoms with Gasteiger partial charge in [0.1, 0.15) is 23.4 Å². The van der Waals surface area contributed by atoms with Gasteiger partial charge < -0.3 is 29.7 Å². The molecule has 3 aliphatic rings. The molecule has 2 aromatic rings. The number of hydrogen-bond donors (Lipinski definition) is 2. The summed E-state index contributed by atoms with van der Waals surface area (Å²) in [6, 6.07) is 8.69. The zero-order valence-electron chi connectivity index (χ0n) is 25.0. The lowest BCUT2D eigenvalue weighted by Crippen LogP contribution is -2.61. The summed E-state index contributed by atoms with van der Waals surface area (Å²) in [5.74, 6) is -1.37. The molecule has 0 radical (unpaired) electrons. The number of rotatable bonds is 7. The third-order valence-electron chi connectivity index (χ3n) is 8.12. The summed E-state index contributed by atoms with van der Waals surface area (Å²) in [6.07, 6.45) is 4.86. The number of carbonyl (C=O) groups excluding carboxylic acids is 2. The Bertz CT molecular complexity index is 1510. The first-order valence-corrected chi connectivity index (χ1v) is 14.4. The Hall–Kier alpha value is -4.41. The zero-order valence-corrected chi connectivity index (χ0v) is 25.0. The number of anilines is 1. The Morgan fingerprint density at radius 3 is 2.60 bits per heavy atom. The third-order valence-corrected chi connectivity index (χ3v) is 8.12. The van der Waals surface area contributed by atoms with E-state index in [0.717, 1.165) is 5.56 Å². The molecular formula is C32H37FN4O6. The molecule has 10 nitrogen and oxygen atoms in total. The number of dihydropyridines is 1. The van der Waals surface area contributed by atoms with E-state index in [0.29, 0.717) is 54.4 Å². The van der Waals surface area contributed by atoms with E-state index in [1.165, 1.54) is 13.0 Å². The van der Waals surface area contributed by atoms with Gasteiger partial charge in [0.05, 0.1) is 6.42 Å². The summed E-state index contributed by atoms with van der Waals surface area (Å²) in [4.78, 5) is 46.0. The average Bonchev–Trinajstić information content (AvgIpc) is 2.95. The summed E-state index contributed by atoms with van der Waals surface area (Å²) in [5, 5.41) is 12.1. The molecule has 0 unspecified atom stereocenters. The van der Waals surface area contributed by atoms with Crippen molar-refractivity contribution in [3.05, 3.63) is 65.8 Å². The number of aromatic nitrogens is 1. The fourth-order valence-electron chi connectivity index (χ4n) is 5.73. The number of aryl methyl sites for hydroxylation is 1. The Morgan fingerprint density at radius 1 is 1.23 bits per heavy atom. The van der Waals surface area contributed by atoms with Crippen LogP contribution in [-0.2, 0) is 14.4 Å². The minimum absolute atomic E-state index is 0.161. The lowest BCUT2D eigenvalue weighted by Gasteiger charge is -2.45. The van der Waals surface area contributed by atoms with Crippen LogP contribution in [-0.4, -0.2) is 69.1 Å². The minimum atomic E-state index is -1.60. The molecular weight excluding hydrogens is 555 g/mol. The number of halogens is 1. The molecule has 2 atom stereocenters. The number of likely N-dealkylation sites (tertiary alicyclic amines) is 1. The van der Waals surface area contributed by atoms with Crippen molar-refractivity contribution >= 4 is 29.0 Å². The average molecular weight is 593 g/mol. The van der Waals surface area contributed by atoms with Gasteiger partial charge in [-0.15, -0.1) is 0 Å². The van der Waals surface area contributed by atoms with E-state index in [2.05, 4.69) is 10.3 Å². The van der Waals surface area contributed by atoms with Gasteiger partial charge in [0, 0.05) is 42.7 Å². The van der Waals surface area contributed by atoms with Crippen molar-refractivity contribution in [2.75, 3.05) is 18.0 Å². The van der Waals surface area contributed by atoms with Crippen LogP contribution < -0.4 is 19.7 Å². The lowest BCUT2D eigenvalue weighted by molar-refractivity contribution is -0.139. The number of benzene rings is 1. The monoisotopic (exact) mass is 592 g/mol. The smallest absolute Gasteiger partial charge is 0.307 e. The molecule has 0 aliphatic carbocycles. The van der Waals surface area contributed by atoms with Gasteiger partial charge in [0.25, 0.3) is 11.8 Å². The summed E-state index contributed by atoms with van der Waals surface area (Å²) >= 11 is 0. The van der Waals surface area contributed by atoms with Gasteiger partial charge in [0.15, 0.2) is 11.1 Å². The maximum Gasteiger partial charge on any atom is 0.307 e. The summed E-state index contributed by atoms with van der Waals surface area (Å²) in [6.45, 7) is 9.21. The fourth-order valence-corrected chi connectivity index (χ4v) is 5.73. The molecule has 2 amide bonds. The maximum atomic E-state index is 15.8. The number of para-hydroxylation sites is 1. The number of carbonyl (C=O) groups is 3. The van der Waals surface area contributed by atoms with Gasteiger partial charge in [-0.1, -0.05) is 18.2 Å². The Balaban J connectivity index is 1.29. The van der Waals surface area contributed by atoms with Gasteiger partial charge in [-0.3, -0.25) is 14.4 Å². The molecule has 3 aliphatic heterocycles. The molecule has 1 aromatic heterocycles. The first-order chi connectivity index (χ1) is 20.3. The molecule has 1 saturated heterocycles. The van der Waals surface area contributed by atoms with Crippen LogP contribution in [0.5, 0.6) is 11.6 Å². The van der Waals surface area contributed by atoms with E-state index in [1.54, 1.807) is 67.2 Å². The fraction of sp³-hybridized carbons (Fsp3) is 0.438. The highest BCUT2D eigenvalue weighted by Gasteiger charge is 2.47. The standard InChI is InChI=1S/C32H37FN4O6/c1-19-14-24-28(34-17-19)43-31(3,4)29(40)37(24)22-10-12-36(13-11-22)30(41)32(5)26(33)16-21(18-35-32)23-8-6-7-9-25(23)42-20(2)15-27(38)39/h6-9,14,16-18,20,22,35H,10-13,15H2,1-5H3,(H,38,39)/t20-,32-/m1/s1. The van der Waals surface area contributed by atoms with Crippen molar-refractivity contribution in [1.29, 1.82) is 0 Å². The molecule has 4 heterocycles. The van der Waals surface area contributed by atoms with Crippen LogP contribution in [0, 0.1) is 6.92 Å². The van der Waals surface area contributed by atoms with Crippen LogP contribution in [0.4, 0.5) is 10.1 Å². The number of nitrogens with zero attached hydrogens (tertiary/aromatic N) is 3. The predicted octanol–water partition coefficient (Wildman–Crippen LogP) is 4.38. The van der Waals surface area contributed by atoms with Crippen molar-refractivity contribution in [2.45, 2.75) is 77.2 Å². The quantitative estimate of drug-likeness (QED) is 0.486. The van der Waals surface area contributed by atoms with E-state index in [-0.39, 0.29) is 18.4 Å². The summed E-state index contributed by atoms with van der Waals surface area (Å²) in [5.41, 5.74) is -0.104. The number of allylic oxidation sites excluding steroid dienone is 2. The molecule has 43 heavy (non-hydrogen) atoms. The third kappa shape index (κ3) is 5.80. The number of carboxylic acids is 1. The van der Waals surface area contributed by atoms with E-state index >= 15 is 4.39 Å². The first-order valence-electron chi connectivity index (χ1n) is 14.4. The molecule has 228 valence electrons. The molecule has 0 bridgehead atoms. The van der Waals surface area contributed by atoms with Crippen molar-refractivity contribution < 1.29 is 33.4 Å². The maximum absolute atomic E-state index is 15.8. The van der Waals surface area contributed by atoms with Gasteiger partial charge in [-0.05, 0) is 71.2 Å². The van der Waals surface area contributed by atoms with Crippen LogP contribution in [0.3, 0.4) is 0 Å². The predicted molar refractivity (Wildman–Crippen MR) is 158 cm³/mol. The Morgan fingerprint density at radius 2 is 1.93 bits per heavy atom. The molecule has 0 spiro atoms. The number of amides is 2. The number of nitrogens with one attached hydrogen (secondary N) is 1. The molecule has 5 rings (SSSR count). The SMILES string of the molecule is Cc1cnc2c(c1)N(C1CCN(C(=O)[C@]3(C)NC=C(c4ccccc4O[C@H](C)CC(=O)O)C=C3F)CC1)C(=O)C(C)(C)O2. The number of piperidine rings is 1. The van der Waals surface area contributed by atoms with Gasteiger partial charge in [-0.25, -0.2) is 9.37 Å². The second-order valence-corrected chi connectivity index (χ2v) is 12.0. The molecule has 0 saturated carbocycles. The molecule has 11 heteroatoms. The largest absolute Gasteiger partial charge is 0.489 e. The van der Waals surface area contributed by atoms with E-state index in [9.17, 15) is 14.4 Å². The van der Waals surface area contributed by atoms with Crippen molar-refractivity contribution in [3.63, 3.8) is 0 Å². The number of aliphatic carboxylic acids is 1. The van der Waals surface area contributed by atoms with Crippen LogP contribution in [0.1, 0.15) is 58.1 Å². The Labute approximate surface area is 250 Å². The van der Waals surface area contributed by atoms with Gasteiger partial charge >= 0.3 is 5.97 Å². The lowest BCUT2D eigenvalue weighted by atomic mass is 9.90. The van der Waals surface area contributed by atoms with Crippen molar-refractivity contribution in [1.82, 2.24) is 15.2 Å². The van der Waals surface area contributed by atoms with E-state index in [1.807, 2.05) is 13.0 Å². The normalized spacial score (nSPS) is 22.4. The highest BCUT2D eigenvalue weighted by molar-refractivity contribution is 6.02. The Kier molecular flexibility index (Phi) is 7.93. The number of ether oxygens (including phenoxy) is 2. The topological polar surface area (TPSA) is 121 Å². The highest BCUT2D eigenvalue weighted by atomic mass is 19.1. The second kappa shape index (κ2) is 11.3. The minimum Gasteiger partial charge on any atom is -0.489 e. The first kappa shape index (κ1) is 30.1. The summed E-state index contributed by atoms with van der Waals surface area (Å²) < 4.78 is 27.5. The number of pyridine rings is 1. The van der Waals surface area contributed by atoms with Crippen LogP contribution in [0.25, 0.3) is 5.57 Å². The summed E-state index contributed by atoms with van der Waals surface area (Å²) in [7, 11) is 0. The van der Waals surface area contributed by atoms with Crippen LogP contribution in [0.2, 0.25) is 0 Å². The van der Waals surface area contributed by atoms with E-state index < -0.39 is 34.9 Å². The zero-order chi connectivity index (χ0) is 31.1. The van der Waals surface area contributed by atoms with Crippen molar-refractivity contribution in [3.8, 4) is 11.6 Å². The molecule has 2 N–H and O–H groups in total. The number of hydrogen-bond acceptors (Lipinski definition) is 7.